The zero-order valence-corrected chi connectivity index (χ0v) is 20.8. The number of carbonyl (C=O) groups excluding carboxylic acids is 1. The summed E-state index contributed by atoms with van der Waals surface area (Å²) >= 11 is 6.16. The van der Waals surface area contributed by atoms with Crippen LogP contribution < -0.4 is 10.5 Å². The number of ether oxygens (including phenoxy) is 2. The monoisotopic (exact) mass is 532 g/mol. The van der Waals surface area contributed by atoms with Crippen LogP contribution in [0.15, 0.2) is 48.5 Å². The van der Waals surface area contributed by atoms with Gasteiger partial charge < -0.3 is 15.2 Å². The molecule has 4 atom stereocenters. The van der Waals surface area contributed by atoms with Gasteiger partial charge in [0.25, 0.3) is 0 Å². The Kier molecular flexibility index (Phi) is 8.63. The molecule has 2 aliphatic heterocycles. The van der Waals surface area contributed by atoms with E-state index < -0.39 is 23.2 Å². The molecule has 0 aliphatic carbocycles. The molecular formula is C25H29Cl2F3N2O3. The maximum Gasteiger partial charge on any atom is 0.416 e. The van der Waals surface area contributed by atoms with Crippen LogP contribution >= 0.6 is 24.0 Å². The molecule has 0 radical (unpaired) electrons. The molecule has 192 valence electrons. The Morgan fingerprint density at radius 2 is 2.00 bits per heavy atom. The Morgan fingerprint density at radius 3 is 2.69 bits per heavy atom. The number of amides is 1. The molecule has 5 nitrogen and oxygen atoms in total. The quantitative estimate of drug-likeness (QED) is 0.537. The van der Waals surface area contributed by atoms with Crippen LogP contribution in [-0.4, -0.2) is 48.3 Å². The molecule has 2 heterocycles. The van der Waals surface area contributed by atoms with Gasteiger partial charge in [0.15, 0.2) is 0 Å². The lowest BCUT2D eigenvalue weighted by atomic mass is 9.79. The number of hydrogen-bond acceptors (Lipinski definition) is 4. The molecule has 3 unspecified atom stereocenters. The number of halogens is 5. The Morgan fingerprint density at radius 1 is 1.26 bits per heavy atom. The van der Waals surface area contributed by atoms with E-state index in [0.29, 0.717) is 44.0 Å². The van der Waals surface area contributed by atoms with E-state index in [0.717, 1.165) is 17.7 Å². The summed E-state index contributed by atoms with van der Waals surface area (Å²) < 4.78 is 51.0. The predicted molar refractivity (Wildman–Crippen MR) is 130 cm³/mol. The van der Waals surface area contributed by atoms with Crippen LogP contribution in [0.3, 0.4) is 0 Å². The summed E-state index contributed by atoms with van der Waals surface area (Å²) in [6, 6.07) is 12.4. The van der Waals surface area contributed by atoms with E-state index in [2.05, 4.69) is 0 Å². The van der Waals surface area contributed by atoms with Gasteiger partial charge in [0.05, 0.1) is 11.7 Å². The fourth-order valence-electron chi connectivity index (χ4n) is 5.02. The lowest BCUT2D eigenvalue weighted by Crippen LogP contribution is -2.61. The number of nitrogens with two attached hydrogens (primary N) is 1. The number of rotatable bonds is 6. The summed E-state index contributed by atoms with van der Waals surface area (Å²) in [6.45, 7) is 3.38. The third kappa shape index (κ3) is 6.05. The van der Waals surface area contributed by atoms with E-state index in [4.69, 9.17) is 26.8 Å². The highest BCUT2D eigenvalue weighted by atomic mass is 35.5. The molecule has 2 aliphatic rings. The van der Waals surface area contributed by atoms with Crippen molar-refractivity contribution < 1.29 is 27.4 Å². The van der Waals surface area contributed by atoms with Gasteiger partial charge >= 0.3 is 6.18 Å². The minimum atomic E-state index is -4.44. The van der Waals surface area contributed by atoms with Crippen LogP contribution in [0.5, 0.6) is 5.75 Å². The van der Waals surface area contributed by atoms with Crippen molar-refractivity contribution in [2.75, 3.05) is 19.7 Å². The average molecular weight is 533 g/mol. The van der Waals surface area contributed by atoms with E-state index in [9.17, 15) is 18.0 Å². The smallest absolute Gasteiger partial charge is 0.416 e. The first-order valence-corrected chi connectivity index (χ1v) is 11.7. The van der Waals surface area contributed by atoms with Crippen LogP contribution in [0.4, 0.5) is 13.2 Å². The SMILES string of the molecule is C[C@@H](c1cccc(Cl)c1)C1CC(C(N)=O)(N2CCC(Oc3cccc(C(F)(F)F)c3)C2)CCO1.Cl. The number of primary amides is 1. The van der Waals surface area contributed by atoms with Gasteiger partial charge in [-0.05, 0) is 48.7 Å². The maximum atomic E-state index is 13.0. The summed E-state index contributed by atoms with van der Waals surface area (Å²) in [5, 5.41) is 0.635. The van der Waals surface area contributed by atoms with E-state index in [1.807, 2.05) is 36.1 Å². The van der Waals surface area contributed by atoms with Gasteiger partial charge in [0, 0.05) is 37.1 Å². The first-order chi connectivity index (χ1) is 16.1. The first kappa shape index (κ1) is 27.6. The van der Waals surface area contributed by atoms with Gasteiger partial charge in [-0.15, -0.1) is 12.4 Å². The van der Waals surface area contributed by atoms with Crippen molar-refractivity contribution >= 4 is 29.9 Å². The normalized spacial score (nSPS) is 26.1. The van der Waals surface area contributed by atoms with Gasteiger partial charge in [-0.3, -0.25) is 9.69 Å². The van der Waals surface area contributed by atoms with E-state index in [-0.39, 0.29) is 36.3 Å². The van der Waals surface area contributed by atoms with Gasteiger partial charge in [0.1, 0.15) is 17.4 Å². The standard InChI is InChI=1S/C25H28ClF3N2O3.ClH/c1-16(17-4-2-6-19(26)12-17)22-14-24(23(30)32,9-11-33-22)31-10-8-21(15-31)34-20-7-3-5-18(13-20)25(27,28)29;/h2-7,12-13,16,21-22H,8-11,14-15H2,1H3,(H2,30,32);1H/t16-,21?,22?,24?;/m0./s1. The first-order valence-electron chi connectivity index (χ1n) is 11.3. The van der Waals surface area contributed by atoms with E-state index in [1.54, 1.807) is 0 Å². The second-order valence-electron chi connectivity index (χ2n) is 9.10. The highest BCUT2D eigenvalue weighted by Crippen LogP contribution is 2.39. The minimum Gasteiger partial charge on any atom is -0.489 e. The largest absolute Gasteiger partial charge is 0.489 e. The zero-order valence-electron chi connectivity index (χ0n) is 19.3. The molecule has 1 amide bonds. The summed E-state index contributed by atoms with van der Waals surface area (Å²) in [5.41, 5.74) is 5.31. The number of carbonyl (C=O) groups is 1. The van der Waals surface area contributed by atoms with Crippen molar-refractivity contribution in [3.8, 4) is 5.75 Å². The topological polar surface area (TPSA) is 64.8 Å². The van der Waals surface area contributed by atoms with Crippen LogP contribution in [0.25, 0.3) is 0 Å². The van der Waals surface area contributed by atoms with Crippen molar-refractivity contribution in [1.29, 1.82) is 0 Å². The van der Waals surface area contributed by atoms with Crippen molar-refractivity contribution in [1.82, 2.24) is 4.90 Å². The molecule has 2 fully saturated rings. The molecule has 0 saturated carbocycles. The molecule has 2 aromatic carbocycles. The molecular weight excluding hydrogens is 504 g/mol. The molecule has 35 heavy (non-hydrogen) atoms. The highest BCUT2D eigenvalue weighted by molar-refractivity contribution is 6.30. The van der Waals surface area contributed by atoms with E-state index in [1.165, 1.54) is 12.1 Å². The molecule has 0 aromatic heterocycles. The Bertz CT molecular complexity index is 1040. The van der Waals surface area contributed by atoms with Crippen molar-refractivity contribution in [2.45, 2.75) is 56.0 Å². The van der Waals surface area contributed by atoms with Crippen LogP contribution in [-0.2, 0) is 15.7 Å². The lowest BCUT2D eigenvalue weighted by molar-refractivity contribution is -0.142. The summed E-state index contributed by atoms with van der Waals surface area (Å²) in [7, 11) is 0. The Balaban J connectivity index is 0.00000342. The minimum absolute atomic E-state index is 0. The number of benzene rings is 2. The van der Waals surface area contributed by atoms with Crippen molar-refractivity contribution in [3.05, 3.63) is 64.7 Å². The third-order valence-electron chi connectivity index (χ3n) is 6.99. The number of likely N-dealkylation sites (tertiary alicyclic amines) is 1. The highest BCUT2D eigenvalue weighted by Gasteiger charge is 2.50. The Hall–Kier alpha value is -2.00. The Labute approximate surface area is 214 Å². The molecule has 0 spiro atoms. The van der Waals surface area contributed by atoms with Gasteiger partial charge in [0.2, 0.25) is 5.91 Å². The molecule has 2 N–H and O–H groups in total. The third-order valence-corrected chi connectivity index (χ3v) is 7.23. The number of alkyl halides is 3. The number of nitrogens with zero attached hydrogens (tertiary/aromatic N) is 1. The molecule has 4 rings (SSSR count). The van der Waals surface area contributed by atoms with Crippen molar-refractivity contribution in [2.24, 2.45) is 5.73 Å². The predicted octanol–water partition coefficient (Wildman–Crippen LogP) is 5.44. The zero-order chi connectivity index (χ0) is 24.5. The summed E-state index contributed by atoms with van der Waals surface area (Å²) in [4.78, 5) is 14.8. The second kappa shape index (κ2) is 10.9. The fourth-order valence-corrected chi connectivity index (χ4v) is 5.22. The molecule has 0 bridgehead atoms. The van der Waals surface area contributed by atoms with Gasteiger partial charge in [-0.1, -0.05) is 36.7 Å². The van der Waals surface area contributed by atoms with Crippen LogP contribution in [0, 0.1) is 0 Å². The van der Waals surface area contributed by atoms with Crippen LogP contribution in [0.1, 0.15) is 43.2 Å². The summed E-state index contributed by atoms with van der Waals surface area (Å²) in [6.07, 6.45) is -3.55. The number of hydrogen-bond donors (Lipinski definition) is 1. The van der Waals surface area contributed by atoms with Crippen molar-refractivity contribution in [3.63, 3.8) is 0 Å². The van der Waals surface area contributed by atoms with Crippen LogP contribution in [0.2, 0.25) is 5.02 Å². The maximum absolute atomic E-state index is 13.0. The van der Waals surface area contributed by atoms with Gasteiger partial charge in [-0.25, -0.2) is 0 Å². The van der Waals surface area contributed by atoms with Gasteiger partial charge in [-0.2, -0.15) is 13.2 Å². The lowest BCUT2D eigenvalue weighted by Gasteiger charge is -2.46. The summed E-state index contributed by atoms with van der Waals surface area (Å²) in [5.74, 6) is -0.259. The van der Waals surface area contributed by atoms with E-state index >= 15 is 0 Å². The second-order valence-corrected chi connectivity index (χ2v) is 9.54. The molecule has 10 heteroatoms. The fraction of sp³-hybridized carbons (Fsp3) is 0.480. The average Bonchev–Trinajstić information content (AvgIpc) is 3.27. The molecule has 2 saturated heterocycles. The molecule has 2 aromatic rings.